The number of fused-ring (bicyclic) bond motifs is 12. The van der Waals surface area contributed by atoms with Crippen LogP contribution in [0.2, 0.25) is 0 Å². The van der Waals surface area contributed by atoms with E-state index in [1.54, 1.807) is 37.1 Å². The SMILES string of the molecule is [C-]#[N+]C1=C[C@@]2(C)c3nc(-c4ccc(C(F)(F)F)cc4)nc(-c4ccccc4)c3CC[C@@H]2[C@@H](C)C1=O.[C-]#[N+]C1=C[C@@]2(C)c3nc(-c4ccncc4)nc(C)c3CC[C@@H]2[C@@H](C)C1=O.[C-]#[N+]C1=C[C@@]2(C)c3nc(-c4ccncc4)nc(C)c3CC[C@@H]2[C@@H](C)C1=O.[C-]#[N+]C1C[C@@]2(C)c3nc(-c4ccnc(C)c4)nc(-c4ccc(C)cc4)c3CC[C@@H]2[C@@H](C)C1=O. The maximum atomic E-state index is 13.1. The minimum absolute atomic E-state index is 0.0352. The molecule has 1 fully saturated rings. The summed E-state index contributed by atoms with van der Waals surface area (Å²) in [4.78, 5) is 117. The summed E-state index contributed by atoms with van der Waals surface area (Å²) in [6.45, 7) is 54.3. The van der Waals surface area contributed by atoms with E-state index in [4.69, 9.17) is 66.2 Å². The molecule has 0 N–H and O–H groups in total. The average molecular weight is 1600 g/mol. The van der Waals surface area contributed by atoms with Crippen LogP contribution in [-0.2, 0) is 72.7 Å². The van der Waals surface area contributed by atoms with Gasteiger partial charge in [0.25, 0.3) is 6.04 Å². The van der Waals surface area contributed by atoms with Gasteiger partial charge in [-0.2, -0.15) is 13.2 Å². The lowest BCUT2D eigenvalue weighted by Crippen LogP contribution is -2.52. The molecule has 7 aromatic heterocycles. The first-order chi connectivity index (χ1) is 57.3. The molecular formula is C98H90F3N15O4. The van der Waals surface area contributed by atoms with Crippen molar-refractivity contribution in [2.24, 2.45) is 47.3 Å². The Labute approximate surface area is 697 Å². The molecule has 13 atom stereocenters. The molecule has 1 unspecified atom stereocenters. The van der Waals surface area contributed by atoms with Gasteiger partial charge in [0.05, 0.1) is 59.4 Å². The molecule has 0 amide bonds. The third-order valence-electron chi connectivity index (χ3n) is 27.0. The van der Waals surface area contributed by atoms with Crippen molar-refractivity contribution in [1.82, 2.24) is 54.8 Å². The summed E-state index contributed by atoms with van der Waals surface area (Å²) in [5.74, 6) is 1.89. The molecule has 602 valence electrons. The van der Waals surface area contributed by atoms with Gasteiger partial charge in [-0.3, -0.25) is 19.7 Å². The second-order valence-electron chi connectivity index (χ2n) is 34.1. The van der Waals surface area contributed by atoms with Crippen LogP contribution < -0.4 is 0 Å². The minimum atomic E-state index is -4.43. The first-order valence-electron chi connectivity index (χ1n) is 40.8. The van der Waals surface area contributed by atoms with Gasteiger partial charge in [-0.05, 0) is 162 Å². The summed E-state index contributed by atoms with van der Waals surface area (Å²) in [5.41, 5.74) is 17.1. The number of hydrogen-bond acceptors (Lipinski definition) is 15. The number of halogens is 3. The Morgan fingerprint density at radius 2 is 0.783 bits per heavy atom. The van der Waals surface area contributed by atoms with Crippen molar-refractivity contribution in [3.05, 3.63) is 300 Å². The van der Waals surface area contributed by atoms with Gasteiger partial charge in [-0.25, -0.2) is 61.0 Å². The lowest BCUT2D eigenvalue weighted by molar-refractivity contribution is -0.137. The van der Waals surface area contributed by atoms with Crippen LogP contribution in [0.5, 0.6) is 0 Å². The Morgan fingerprint density at radius 3 is 1.22 bits per heavy atom. The number of benzene rings is 3. The fourth-order valence-corrected chi connectivity index (χ4v) is 20.5. The Balaban J connectivity index is 0.000000126. The molecule has 10 aromatic rings. The van der Waals surface area contributed by atoms with Gasteiger partial charge in [0.2, 0.25) is 22.9 Å². The van der Waals surface area contributed by atoms with Gasteiger partial charge in [-0.1, -0.05) is 146 Å². The van der Waals surface area contributed by atoms with E-state index in [9.17, 15) is 32.3 Å². The number of allylic oxidation sites excluding steroid dienone is 6. The summed E-state index contributed by atoms with van der Waals surface area (Å²) in [5, 5.41) is 0. The van der Waals surface area contributed by atoms with Gasteiger partial charge in [0, 0.05) is 144 Å². The van der Waals surface area contributed by atoms with Crippen molar-refractivity contribution in [2.75, 3.05) is 0 Å². The van der Waals surface area contributed by atoms with Crippen molar-refractivity contribution in [3.63, 3.8) is 0 Å². The lowest BCUT2D eigenvalue weighted by atomic mass is 9.55. The van der Waals surface area contributed by atoms with Crippen LogP contribution in [0.15, 0.2) is 182 Å². The molecule has 0 spiro atoms. The fraction of sp³-hybridized carbons (Fsp3) is 0.357. The highest BCUT2D eigenvalue weighted by atomic mass is 19.4. The van der Waals surface area contributed by atoms with Gasteiger partial charge in [-0.15, -0.1) is 0 Å². The van der Waals surface area contributed by atoms with Crippen LogP contribution in [0.4, 0.5) is 13.2 Å². The molecule has 0 aliphatic heterocycles. The topological polar surface area (TPSA) is 228 Å². The van der Waals surface area contributed by atoms with E-state index in [1.165, 1.54) is 17.7 Å². The van der Waals surface area contributed by atoms with E-state index in [1.807, 2.05) is 134 Å². The van der Waals surface area contributed by atoms with E-state index in [2.05, 4.69) is 86.3 Å². The number of aromatic nitrogens is 11. The van der Waals surface area contributed by atoms with Gasteiger partial charge >= 0.3 is 6.18 Å². The summed E-state index contributed by atoms with van der Waals surface area (Å²) in [7, 11) is 0. The van der Waals surface area contributed by atoms with Crippen LogP contribution >= 0.6 is 0 Å². The number of nitrogens with zero attached hydrogens (tertiary/aromatic N) is 15. The van der Waals surface area contributed by atoms with Crippen molar-refractivity contribution in [2.45, 2.75) is 175 Å². The second kappa shape index (κ2) is 32.1. The Kier molecular flexibility index (Phi) is 22.0. The molecule has 1 saturated carbocycles. The maximum Gasteiger partial charge on any atom is 0.416 e. The quantitative estimate of drug-likeness (QED) is 0.141. The number of aryl methyl sites for hydroxylation is 4. The predicted octanol–water partition coefficient (Wildman–Crippen LogP) is 19.6. The first-order valence-corrected chi connectivity index (χ1v) is 40.8. The highest BCUT2D eigenvalue weighted by molar-refractivity contribution is 6.02. The van der Waals surface area contributed by atoms with E-state index < -0.39 is 34.0 Å². The smallest absolute Gasteiger partial charge is 0.308 e. The normalized spacial score (nSPS) is 25.9. The zero-order valence-corrected chi connectivity index (χ0v) is 69.1. The molecule has 3 aromatic carbocycles. The van der Waals surface area contributed by atoms with Crippen LogP contribution in [0, 0.1) is 101 Å². The van der Waals surface area contributed by atoms with Gasteiger partial charge in [0.1, 0.15) is 0 Å². The molecule has 0 radical (unpaired) electrons. The zero-order valence-electron chi connectivity index (χ0n) is 69.1. The molecule has 18 rings (SSSR count). The number of carbonyl (C=O) groups is 4. The number of hydrogen-bond donors (Lipinski definition) is 0. The molecule has 19 nitrogen and oxygen atoms in total. The molecular weight excluding hydrogens is 1510 g/mol. The summed E-state index contributed by atoms with van der Waals surface area (Å²) >= 11 is 0. The number of rotatable bonds is 6. The summed E-state index contributed by atoms with van der Waals surface area (Å²) in [6.07, 6.45) is 17.0. The van der Waals surface area contributed by atoms with E-state index in [-0.39, 0.29) is 93.0 Å². The second-order valence-corrected chi connectivity index (χ2v) is 34.1. The van der Waals surface area contributed by atoms with Crippen LogP contribution in [-0.4, -0.2) is 84.0 Å². The Bertz CT molecular complexity index is 5940. The summed E-state index contributed by atoms with van der Waals surface area (Å²) < 4.78 is 39.4. The zero-order chi connectivity index (χ0) is 85.2. The van der Waals surface area contributed by atoms with Gasteiger partial charge < -0.3 is 19.2 Å². The van der Waals surface area contributed by atoms with Crippen molar-refractivity contribution < 1.29 is 32.3 Å². The Hall–Kier alpha value is -12.9. The lowest BCUT2D eigenvalue weighted by Gasteiger charge is -2.47. The monoisotopic (exact) mass is 1600 g/mol. The minimum Gasteiger partial charge on any atom is -0.308 e. The van der Waals surface area contributed by atoms with Crippen LogP contribution in [0.3, 0.4) is 0 Å². The van der Waals surface area contributed by atoms with Crippen LogP contribution in [0.1, 0.15) is 161 Å². The van der Waals surface area contributed by atoms with Crippen molar-refractivity contribution in [3.8, 4) is 68.1 Å². The molecule has 0 bridgehead atoms. The third-order valence-corrected chi connectivity index (χ3v) is 27.0. The highest BCUT2D eigenvalue weighted by Crippen LogP contribution is 2.56. The molecule has 7 heterocycles. The number of carbonyl (C=O) groups excluding carboxylic acids is 4. The largest absolute Gasteiger partial charge is 0.416 e. The average Bonchev–Trinajstić information content (AvgIpc) is 0.727. The molecule has 8 aliphatic rings. The highest BCUT2D eigenvalue weighted by Gasteiger charge is 2.57. The van der Waals surface area contributed by atoms with Crippen LogP contribution in [0.25, 0.3) is 87.4 Å². The standard InChI is InChI=1S/C28H22F3N3O.C28H28N4O.2C21H20N4O/c1-16-21-14-13-20-23(17-7-5-4-6-8-17)33-26(18-9-11-19(12-10-18)28(29,30)31)34-25(20)27(21,2)15-22(32-3)24(16)35;1-16-6-8-19(9-7-16)24-21-10-11-22-18(3)25(33)23(29-5)15-28(22,4)26(21)32-27(31-24)20-12-13-30-17(2)14-20;2*1-12-16-6-5-15-13(2)24-20(14-7-9-23-10-8-14)25-19(15)21(16,3)11-17(22-4)18(12)26/h4-12,15-16,21H,13-14H2,1-2H3;6-9,12-14,18,22-23H,10-11,15H2,1-4H3;2*7-12,16H,5-6H2,1-3H3/t16-,21-,27-;18-,22-,23?,28-;2*12-,16-,21-/m1111/s1. The molecule has 0 saturated heterocycles. The van der Waals surface area contributed by atoms with Crippen molar-refractivity contribution >= 4 is 23.1 Å². The fourth-order valence-electron chi connectivity index (χ4n) is 20.5. The number of Topliss-reactive ketones (excluding diaryl/α,β-unsaturated/α-hetero) is 4. The number of pyridine rings is 3. The Morgan fingerprint density at radius 1 is 0.408 bits per heavy atom. The number of ketones is 4. The molecule has 8 aliphatic carbocycles. The molecule has 120 heavy (non-hydrogen) atoms. The first kappa shape index (κ1) is 82.2. The third kappa shape index (κ3) is 14.6. The number of alkyl halides is 3. The van der Waals surface area contributed by atoms with E-state index in [0.29, 0.717) is 41.7 Å². The summed E-state index contributed by atoms with van der Waals surface area (Å²) in [6, 6.07) is 33.9. The predicted molar refractivity (Wildman–Crippen MR) is 450 cm³/mol. The maximum absolute atomic E-state index is 13.1. The van der Waals surface area contributed by atoms with E-state index >= 15 is 0 Å². The van der Waals surface area contributed by atoms with Gasteiger partial charge in [0.15, 0.2) is 40.6 Å². The van der Waals surface area contributed by atoms with Crippen molar-refractivity contribution in [1.29, 1.82) is 0 Å². The van der Waals surface area contributed by atoms with E-state index in [0.717, 1.165) is 158 Å². The molecule has 22 heteroatoms.